The molecule has 4 nitrogen and oxygen atoms in total. The van der Waals surface area contributed by atoms with Gasteiger partial charge in [0.15, 0.2) is 0 Å². The van der Waals surface area contributed by atoms with Gasteiger partial charge in [-0.05, 0) is 37.0 Å². The van der Waals surface area contributed by atoms with Crippen LogP contribution >= 0.6 is 0 Å². The van der Waals surface area contributed by atoms with E-state index < -0.39 is 0 Å². The van der Waals surface area contributed by atoms with Gasteiger partial charge in [0.25, 0.3) is 0 Å². The maximum absolute atomic E-state index is 11.9. The molecule has 1 aromatic rings. The molecule has 0 N–H and O–H groups in total. The Balaban J connectivity index is 2.88. The van der Waals surface area contributed by atoms with Crippen LogP contribution in [0.25, 0.3) is 0 Å². The van der Waals surface area contributed by atoms with Crippen LogP contribution in [0.2, 0.25) is 0 Å². The molecule has 0 spiro atoms. The topological polar surface area (TPSA) is 52.6 Å². The fraction of sp³-hybridized carbons (Fsp3) is 0.467. The van der Waals surface area contributed by atoms with Gasteiger partial charge in [0, 0.05) is 6.42 Å². The van der Waals surface area contributed by atoms with Crippen LogP contribution in [0.4, 0.5) is 0 Å². The zero-order valence-electron chi connectivity index (χ0n) is 11.7. The maximum Gasteiger partial charge on any atom is 0.338 e. The first kappa shape index (κ1) is 15.2. The average Bonchev–Trinajstić information content (AvgIpc) is 2.44. The Hall–Kier alpha value is -1.84. The lowest BCUT2D eigenvalue weighted by Crippen LogP contribution is -2.09. The predicted octanol–water partition coefficient (Wildman–Crippen LogP) is 2.53. The van der Waals surface area contributed by atoms with Gasteiger partial charge in [0.2, 0.25) is 0 Å². The first-order chi connectivity index (χ1) is 9.12. The number of carbonyl (C=O) groups excluding carboxylic acids is 2. The Morgan fingerprint density at radius 1 is 1.21 bits per heavy atom. The summed E-state index contributed by atoms with van der Waals surface area (Å²) < 4.78 is 9.64. The molecular formula is C15H20O4. The zero-order valence-corrected chi connectivity index (χ0v) is 11.7. The zero-order chi connectivity index (χ0) is 14.3. The molecule has 0 heterocycles. The normalized spacial score (nSPS) is 10.1. The summed E-state index contributed by atoms with van der Waals surface area (Å²) in [5.74, 6) is -0.559. The van der Waals surface area contributed by atoms with E-state index in [0.29, 0.717) is 25.0 Å². The smallest absolute Gasteiger partial charge is 0.338 e. The van der Waals surface area contributed by atoms with E-state index >= 15 is 0 Å². The van der Waals surface area contributed by atoms with E-state index in [1.165, 1.54) is 7.11 Å². The highest BCUT2D eigenvalue weighted by Gasteiger charge is 2.12. The molecule has 0 radical (unpaired) electrons. The maximum atomic E-state index is 11.9. The van der Waals surface area contributed by atoms with Crippen molar-refractivity contribution in [1.82, 2.24) is 0 Å². The number of aryl methyl sites for hydroxylation is 2. The molecule has 0 unspecified atom stereocenters. The van der Waals surface area contributed by atoms with Crippen LogP contribution in [0.3, 0.4) is 0 Å². The van der Waals surface area contributed by atoms with E-state index in [-0.39, 0.29) is 11.9 Å². The number of ether oxygens (including phenoxy) is 2. The van der Waals surface area contributed by atoms with Crippen LogP contribution in [0.1, 0.15) is 41.8 Å². The molecule has 104 valence electrons. The average molecular weight is 264 g/mol. The highest BCUT2D eigenvalue weighted by molar-refractivity contribution is 5.91. The molecule has 1 rings (SSSR count). The van der Waals surface area contributed by atoms with Crippen molar-refractivity contribution in [3.05, 3.63) is 34.9 Å². The Kier molecular flexibility index (Phi) is 6.06. The number of hydrogen-bond donors (Lipinski definition) is 0. The molecule has 0 amide bonds. The first-order valence-electron chi connectivity index (χ1n) is 6.48. The third-order valence-electron chi connectivity index (χ3n) is 2.90. The number of carbonyl (C=O) groups is 2. The molecule has 0 saturated carbocycles. The Labute approximate surface area is 113 Å². The fourth-order valence-corrected chi connectivity index (χ4v) is 1.83. The van der Waals surface area contributed by atoms with Crippen molar-refractivity contribution in [3.8, 4) is 0 Å². The number of esters is 2. The Bertz CT molecular complexity index is 451. The van der Waals surface area contributed by atoms with Gasteiger partial charge in [0.05, 0.1) is 19.3 Å². The lowest BCUT2D eigenvalue weighted by molar-refractivity contribution is -0.140. The van der Waals surface area contributed by atoms with Gasteiger partial charge >= 0.3 is 11.9 Å². The third kappa shape index (κ3) is 4.39. The standard InChI is InChI=1S/C15H20O4/c1-4-12-8-6-11(7-9-14(16)18-3)10-13(12)15(17)19-5-2/h6,8,10H,4-5,7,9H2,1-3H3. The van der Waals surface area contributed by atoms with Gasteiger partial charge in [0.1, 0.15) is 0 Å². The van der Waals surface area contributed by atoms with Crippen molar-refractivity contribution in [3.63, 3.8) is 0 Å². The van der Waals surface area contributed by atoms with E-state index in [1.54, 1.807) is 13.0 Å². The summed E-state index contributed by atoms with van der Waals surface area (Å²) in [4.78, 5) is 23.0. The fourth-order valence-electron chi connectivity index (χ4n) is 1.83. The van der Waals surface area contributed by atoms with Gasteiger partial charge in [-0.25, -0.2) is 4.79 Å². The number of rotatable bonds is 6. The Morgan fingerprint density at radius 3 is 2.53 bits per heavy atom. The molecule has 0 bridgehead atoms. The van der Waals surface area contributed by atoms with E-state index in [2.05, 4.69) is 4.74 Å². The summed E-state index contributed by atoms with van der Waals surface area (Å²) in [6, 6.07) is 5.66. The molecule has 1 aromatic carbocycles. The summed E-state index contributed by atoms with van der Waals surface area (Å²) in [6.45, 7) is 4.13. The lowest BCUT2D eigenvalue weighted by Gasteiger charge is -2.09. The quantitative estimate of drug-likeness (QED) is 0.741. The van der Waals surface area contributed by atoms with Crippen molar-refractivity contribution in [2.75, 3.05) is 13.7 Å². The van der Waals surface area contributed by atoms with Gasteiger partial charge in [-0.3, -0.25) is 4.79 Å². The van der Waals surface area contributed by atoms with Crippen LogP contribution in [0, 0.1) is 0 Å². The molecule has 0 aliphatic heterocycles. The molecule has 0 aromatic heterocycles. The van der Waals surface area contributed by atoms with Crippen LogP contribution < -0.4 is 0 Å². The molecule has 0 fully saturated rings. The van der Waals surface area contributed by atoms with Gasteiger partial charge < -0.3 is 9.47 Å². The lowest BCUT2D eigenvalue weighted by atomic mass is 9.99. The summed E-state index contributed by atoms with van der Waals surface area (Å²) in [5.41, 5.74) is 2.48. The second kappa shape index (κ2) is 7.56. The van der Waals surface area contributed by atoms with Crippen LogP contribution in [0.5, 0.6) is 0 Å². The Morgan fingerprint density at radius 2 is 1.95 bits per heavy atom. The molecule has 0 atom stereocenters. The molecule has 0 aliphatic carbocycles. The summed E-state index contributed by atoms with van der Waals surface area (Å²) in [6.07, 6.45) is 1.64. The second-order valence-corrected chi connectivity index (χ2v) is 4.14. The minimum atomic E-state index is -0.306. The molecule has 4 heteroatoms. The predicted molar refractivity (Wildman–Crippen MR) is 72.1 cm³/mol. The second-order valence-electron chi connectivity index (χ2n) is 4.14. The molecule has 19 heavy (non-hydrogen) atoms. The first-order valence-corrected chi connectivity index (χ1v) is 6.48. The monoisotopic (exact) mass is 264 g/mol. The summed E-state index contributed by atoms with van der Waals surface area (Å²) >= 11 is 0. The minimum Gasteiger partial charge on any atom is -0.469 e. The third-order valence-corrected chi connectivity index (χ3v) is 2.90. The summed E-state index contributed by atoms with van der Waals surface area (Å²) in [7, 11) is 1.37. The van der Waals surface area contributed by atoms with Gasteiger partial charge in [-0.1, -0.05) is 19.1 Å². The molecule has 0 saturated heterocycles. The van der Waals surface area contributed by atoms with Crippen LogP contribution in [-0.4, -0.2) is 25.7 Å². The van der Waals surface area contributed by atoms with Crippen molar-refractivity contribution in [1.29, 1.82) is 0 Å². The van der Waals surface area contributed by atoms with Crippen LogP contribution in [-0.2, 0) is 27.1 Å². The van der Waals surface area contributed by atoms with E-state index in [0.717, 1.165) is 17.5 Å². The van der Waals surface area contributed by atoms with E-state index in [4.69, 9.17) is 4.74 Å². The summed E-state index contributed by atoms with van der Waals surface area (Å²) in [5, 5.41) is 0. The number of benzene rings is 1. The van der Waals surface area contributed by atoms with E-state index in [9.17, 15) is 9.59 Å². The van der Waals surface area contributed by atoms with Crippen LogP contribution in [0.15, 0.2) is 18.2 Å². The highest BCUT2D eigenvalue weighted by atomic mass is 16.5. The number of methoxy groups -OCH3 is 1. The van der Waals surface area contributed by atoms with Crippen molar-refractivity contribution in [2.24, 2.45) is 0 Å². The minimum absolute atomic E-state index is 0.253. The van der Waals surface area contributed by atoms with E-state index in [1.807, 2.05) is 19.1 Å². The van der Waals surface area contributed by atoms with Crippen molar-refractivity contribution < 1.29 is 19.1 Å². The van der Waals surface area contributed by atoms with Crippen molar-refractivity contribution >= 4 is 11.9 Å². The largest absolute Gasteiger partial charge is 0.469 e. The molecule has 0 aliphatic rings. The number of hydrogen-bond acceptors (Lipinski definition) is 4. The molecular weight excluding hydrogens is 244 g/mol. The highest BCUT2D eigenvalue weighted by Crippen LogP contribution is 2.16. The van der Waals surface area contributed by atoms with Crippen molar-refractivity contribution in [2.45, 2.75) is 33.1 Å². The SMILES string of the molecule is CCOC(=O)c1cc(CCC(=O)OC)ccc1CC. The van der Waals surface area contributed by atoms with Gasteiger partial charge in [-0.2, -0.15) is 0 Å². The van der Waals surface area contributed by atoms with Gasteiger partial charge in [-0.15, -0.1) is 0 Å².